The fraction of sp³-hybridized carbons (Fsp3) is 0.182. The summed E-state index contributed by atoms with van der Waals surface area (Å²) in [5, 5.41) is 2.90. The predicted molar refractivity (Wildman–Crippen MR) is 101 cm³/mol. The molecule has 0 saturated heterocycles. The summed E-state index contributed by atoms with van der Waals surface area (Å²) in [5.41, 5.74) is 1.67. The summed E-state index contributed by atoms with van der Waals surface area (Å²) < 4.78 is 14.9. The highest BCUT2D eigenvalue weighted by Crippen LogP contribution is 2.40. The molecule has 3 aromatic rings. The summed E-state index contributed by atoms with van der Waals surface area (Å²) in [6.45, 7) is 0.413. The molecular weight excluding hydrogens is 343 g/mol. The number of hydrogen-bond donors (Lipinski definition) is 1. The molecule has 0 radical (unpaired) electrons. The van der Waals surface area contributed by atoms with E-state index in [1.807, 2.05) is 36.4 Å². The van der Waals surface area contributed by atoms with E-state index in [9.17, 15) is 14.0 Å². The van der Waals surface area contributed by atoms with Crippen LogP contribution >= 0.6 is 0 Å². The van der Waals surface area contributed by atoms with E-state index in [1.54, 1.807) is 24.4 Å². The Labute approximate surface area is 156 Å². The smallest absolute Gasteiger partial charge is 0.263 e. The lowest BCUT2D eigenvalue weighted by molar-refractivity contribution is 0.0948. The van der Waals surface area contributed by atoms with Crippen molar-refractivity contribution in [2.75, 3.05) is 0 Å². The molecule has 1 fully saturated rings. The van der Waals surface area contributed by atoms with Gasteiger partial charge in [0, 0.05) is 18.2 Å². The Hall–Kier alpha value is -3.21. The molecule has 1 aliphatic rings. The van der Waals surface area contributed by atoms with Gasteiger partial charge >= 0.3 is 0 Å². The van der Waals surface area contributed by atoms with Crippen LogP contribution in [0.1, 0.15) is 33.8 Å². The van der Waals surface area contributed by atoms with Crippen molar-refractivity contribution in [2.24, 2.45) is 0 Å². The summed E-state index contributed by atoms with van der Waals surface area (Å²) in [6, 6.07) is 19.2. The number of carbonyl (C=O) groups excluding carboxylic acids is 1. The first-order chi connectivity index (χ1) is 13.1. The van der Waals surface area contributed by atoms with E-state index >= 15 is 0 Å². The van der Waals surface area contributed by atoms with Crippen LogP contribution in [0.15, 0.2) is 77.7 Å². The molecule has 5 heteroatoms. The van der Waals surface area contributed by atoms with Crippen molar-refractivity contribution in [3.63, 3.8) is 0 Å². The van der Waals surface area contributed by atoms with Gasteiger partial charge in [0.1, 0.15) is 11.4 Å². The fourth-order valence-electron chi connectivity index (χ4n) is 3.32. The van der Waals surface area contributed by atoms with Crippen LogP contribution in [0.4, 0.5) is 4.39 Å². The summed E-state index contributed by atoms with van der Waals surface area (Å²) >= 11 is 0. The molecule has 2 atom stereocenters. The molecule has 1 heterocycles. The normalized spacial score (nSPS) is 18.1. The molecule has 0 spiro atoms. The van der Waals surface area contributed by atoms with Gasteiger partial charge in [-0.3, -0.25) is 9.59 Å². The first kappa shape index (κ1) is 17.2. The topological polar surface area (TPSA) is 51.1 Å². The molecule has 0 aliphatic heterocycles. The van der Waals surface area contributed by atoms with E-state index in [4.69, 9.17) is 0 Å². The van der Waals surface area contributed by atoms with E-state index in [2.05, 4.69) is 5.32 Å². The van der Waals surface area contributed by atoms with E-state index in [0.29, 0.717) is 6.54 Å². The molecule has 4 nitrogen and oxygen atoms in total. The van der Waals surface area contributed by atoms with Crippen LogP contribution in [-0.4, -0.2) is 16.5 Å². The number of rotatable bonds is 5. The number of carbonyl (C=O) groups is 1. The first-order valence-corrected chi connectivity index (χ1v) is 8.91. The Morgan fingerprint density at radius 3 is 2.67 bits per heavy atom. The van der Waals surface area contributed by atoms with Crippen molar-refractivity contribution in [3.05, 3.63) is 106 Å². The van der Waals surface area contributed by atoms with Gasteiger partial charge < -0.3 is 9.88 Å². The molecule has 4 rings (SSSR count). The molecule has 1 saturated carbocycles. The third-order valence-electron chi connectivity index (χ3n) is 4.84. The highest BCUT2D eigenvalue weighted by Gasteiger charge is 2.40. The number of halogens is 1. The van der Waals surface area contributed by atoms with E-state index in [0.717, 1.165) is 17.5 Å². The highest BCUT2D eigenvalue weighted by atomic mass is 19.1. The molecule has 0 bridgehead atoms. The van der Waals surface area contributed by atoms with Crippen molar-refractivity contribution in [1.29, 1.82) is 0 Å². The second kappa shape index (κ2) is 7.19. The summed E-state index contributed by atoms with van der Waals surface area (Å²) in [6.07, 6.45) is 2.43. The predicted octanol–water partition coefficient (Wildman–Crippen LogP) is 3.32. The lowest BCUT2D eigenvalue weighted by atomic mass is 10.1. The van der Waals surface area contributed by atoms with E-state index in [-0.39, 0.29) is 34.8 Å². The third kappa shape index (κ3) is 3.82. The maximum Gasteiger partial charge on any atom is 0.263 e. The number of pyridine rings is 1. The second-order valence-electron chi connectivity index (χ2n) is 6.82. The number of amides is 1. The minimum absolute atomic E-state index is 0.0681. The molecule has 1 amide bonds. The third-order valence-corrected chi connectivity index (χ3v) is 4.84. The second-order valence-corrected chi connectivity index (χ2v) is 6.82. The zero-order chi connectivity index (χ0) is 18.8. The Morgan fingerprint density at radius 2 is 1.89 bits per heavy atom. The van der Waals surface area contributed by atoms with Crippen molar-refractivity contribution in [3.8, 4) is 0 Å². The van der Waals surface area contributed by atoms with Gasteiger partial charge in [0.25, 0.3) is 11.5 Å². The van der Waals surface area contributed by atoms with Crippen molar-refractivity contribution in [1.82, 2.24) is 9.88 Å². The number of nitrogens with zero attached hydrogens (tertiary/aromatic N) is 1. The Balaban J connectivity index is 1.47. The van der Waals surface area contributed by atoms with Gasteiger partial charge in [-0.15, -0.1) is 0 Å². The average molecular weight is 362 g/mol. The summed E-state index contributed by atoms with van der Waals surface area (Å²) in [5.74, 6) is -0.567. The van der Waals surface area contributed by atoms with Gasteiger partial charge in [-0.25, -0.2) is 4.39 Å². The number of nitrogens with one attached hydrogen (secondary N) is 1. The van der Waals surface area contributed by atoms with Crippen molar-refractivity contribution in [2.45, 2.75) is 24.9 Å². The molecule has 1 aliphatic carbocycles. The Morgan fingerprint density at radius 1 is 1.07 bits per heavy atom. The maximum absolute atomic E-state index is 13.4. The fourth-order valence-corrected chi connectivity index (χ4v) is 3.32. The minimum atomic E-state index is -0.383. The molecule has 0 unspecified atom stereocenters. The summed E-state index contributed by atoms with van der Waals surface area (Å²) in [7, 11) is 0. The minimum Gasteiger partial charge on any atom is -0.348 e. The van der Waals surface area contributed by atoms with Crippen LogP contribution in [0.3, 0.4) is 0 Å². The van der Waals surface area contributed by atoms with Crippen molar-refractivity contribution < 1.29 is 9.18 Å². The van der Waals surface area contributed by atoms with Gasteiger partial charge in [-0.05, 0) is 41.8 Å². The maximum atomic E-state index is 13.4. The van der Waals surface area contributed by atoms with Gasteiger partial charge in [-0.1, -0.05) is 42.5 Å². The van der Waals surface area contributed by atoms with Crippen LogP contribution in [0.2, 0.25) is 0 Å². The first-order valence-electron chi connectivity index (χ1n) is 8.91. The average Bonchev–Trinajstić information content (AvgIpc) is 3.43. The van der Waals surface area contributed by atoms with Gasteiger partial charge in [0.2, 0.25) is 0 Å². The van der Waals surface area contributed by atoms with Gasteiger partial charge in [0.05, 0.1) is 6.54 Å². The SMILES string of the molecule is O=C(N[C@H]1C[C@@H]1c1cccc(F)c1)c1cccn(Cc2ccccc2)c1=O. The lowest BCUT2D eigenvalue weighted by Crippen LogP contribution is -2.34. The number of hydrogen-bond acceptors (Lipinski definition) is 2. The Bertz CT molecular complexity index is 1030. The highest BCUT2D eigenvalue weighted by molar-refractivity contribution is 5.94. The molecule has 2 aromatic carbocycles. The van der Waals surface area contributed by atoms with Crippen LogP contribution in [-0.2, 0) is 6.54 Å². The van der Waals surface area contributed by atoms with Crippen LogP contribution in [0.25, 0.3) is 0 Å². The van der Waals surface area contributed by atoms with Crippen LogP contribution < -0.4 is 10.9 Å². The molecule has 1 N–H and O–H groups in total. The quantitative estimate of drug-likeness (QED) is 0.757. The van der Waals surface area contributed by atoms with Gasteiger partial charge in [0.15, 0.2) is 0 Å². The molecule has 27 heavy (non-hydrogen) atoms. The van der Waals surface area contributed by atoms with Gasteiger partial charge in [-0.2, -0.15) is 0 Å². The molecule has 136 valence electrons. The largest absolute Gasteiger partial charge is 0.348 e. The lowest BCUT2D eigenvalue weighted by Gasteiger charge is -2.09. The van der Waals surface area contributed by atoms with E-state index in [1.165, 1.54) is 16.7 Å². The van der Waals surface area contributed by atoms with Crippen LogP contribution in [0, 0.1) is 5.82 Å². The molecular formula is C22H19FN2O2. The summed E-state index contributed by atoms with van der Waals surface area (Å²) in [4.78, 5) is 25.2. The Kier molecular flexibility index (Phi) is 4.59. The molecule has 1 aromatic heterocycles. The van der Waals surface area contributed by atoms with Crippen LogP contribution in [0.5, 0.6) is 0 Å². The standard InChI is InChI=1S/C22H19FN2O2/c23-17-9-4-8-16(12-17)19-13-20(19)24-21(26)18-10-5-11-25(22(18)27)14-15-6-2-1-3-7-15/h1-12,19-20H,13-14H2,(H,24,26)/t19-,20+/m1/s1. The number of aromatic nitrogens is 1. The zero-order valence-corrected chi connectivity index (χ0v) is 14.6. The van der Waals surface area contributed by atoms with Crippen molar-refractivity contribution >= 4 is 5.91 Å². The zero-order valence-electron chi connectivity index (χ0n) is 14.6. The number of benzene rings is 2. The monoisotopic (exact) mass is 362 g/mol. The van der Waals surface area contributed by atoms with E-state index < -0.39 is 0 Å².